The van der Waals surface area contributed by atoms with Crippen molar-refractivity contribution in [1.29, 1.82) is 0 Å². The molecule has 2 aromatic heterocycles. The van der Waals surface area contributed by atoms with Gasteiger partial charge in [0.1, 0.15) is 11.5 Å². The number of hydrogen-bond acceptors (Lipinski definition) is 6. The lowest BCUT2D eigenvalue weighted by Gasteiger charge is -2.12. The monoisotopic (exact) mass is 487 g/mol. The fraction of sp³-hybridized carbons (Fsp3) is 0.148. The highest BCUT2D eigenvalue weighted by molar-refractivity contribution is 7.12. The Balaban J connectivity index is 1.34. The summed E-state index contributed by atoms with van der Waals surface area (Å²) in [6.07, 6.45) is 2.58. The van der Waals surface area contributed by atoms with Crippen LogP contribution in [0, 0.1) is 0 Å². The first-order valence-corrected chi connectivity index (χ1v) is 12.1. The van der Waals surface area contributed by atoms with E-state index >= 15 is 0 Å². The van der Waals surface area contributed by atoms with Crippen molar-refractivity contribution in [1.82, 2.24) is 10.3 Å². The third-order valence-corrected chi connectivity index (χ3v) is 5.82. The number of nitrogens with zero attached hydrogens (tertiary/aromatic N) is 1. The number of hydrogen-bond donors (Lipinski definition) is 2. The maximum Gasteiger partial charge on any atom is 0.265 e. The molecule has 0 saturated heterocycles. The van der Waals surface area contributed by atoms with E-state index in [4.69, 9.17) is 9.47 Å². The first-order valence-electron chi connectivity index (χ1n) is 11.2. The van der Waals surface area contributed by atoms with Gasteiger partial charge in [-0.1, -0.05) is 19.1 Å². The molecule has 0 unspecified atom stereocenters. The van der Waals surface area contributed by atoms with E-state index in [-0.39, 0.29) is 18.4 Å². The van der Waals surface area contributed by atoms with Crippen LogP contribution in [0.1, 0.15) is 38.9 Å². The molecular weight excluding hydrogens is 462 g/mol. The molecule has 7 nitrogen and oxygen atoms in total. The number of nitrogens with one attached hydrogen (secondary N) is 2. The van der Waals surface area contributed by atoms with Gasteiger partial charge in [-0.3, -0.25) is 9.59 Å². The van der Waals surface area contributed by atoms with Crippen molar-refractivity contribution in [2.75, 3.05) is 11.9 Å². The van der Waals surface area contributed by atoms with Crippen molar-refractivity contribution >= 4 is 28.8 Å². The largest absolute Gasteiger partial charge is 0.494 e. The van der Waals surface area contributed by atoms with E-state index in [0.717, 1.165) is 17.7 Å². The minimum Gasteiger partial charge on any atom is -0.494 e. The summed E-state index contributed by atoms with van der Waals surface area (Å²) in [5.41, 5.74) is 1.84. The Kier molecular flexibility index (Phi) is 8.08. The summed E-state index contributed by atoms with van der Waals surface area (Å²) in [5, 5.41) is 7.56. The molecule has 2 aromatic carbocycles. The lowest BCUT2D eigenvalue weighted by molar-refractivity contribution is 0.0950. The lowest BCUT2D eigenvalue weighted by atomic mass is 10.2. The standard InChI is InChI=1S/C27H25N3O4S/c1-2-16-33-22-11-13-23(14-12-22)34-27-20(5-3-15-28-27)18-29-25(31)19-7-9-21(10-8-19)30-26(32)24-6-4-17-35-24/h3-15,17H,2,16,18H2,1H3,(H,29,31)(H,30,32). The Labute approximate surface area is 207 Å². The number of aromatic nitrogens is 1. The van der Waals surface area contributed by atoms with Gasteiger partial charge in [-0.15, -0.1) is 11.3 Å². The van der Waals surface area contributed by atoms with Gasteiger partial charge in [0.25, 0.3) is 11.8 Å². The summed E-state index contributed by atoms with van der Waals surface area (Å²) >= 11 is 1.37. The van der Waals surface area contributed by atoms with Crippen LogP contribution in [0.4, 0.5) is 5.69 Å². The quantitative estimate of drug-likeness (QED) is 0.290. The first-order chi connectivity index (χ1) is 17.1. The van der Waals surface area contributed by atoms with E-state index in [2.05, 4.69) is 22.5 Å². The van der Waals surface area contributed by atoms with Gasteiger partial charge in [-0.05, 0) is 72.5 Å². The molecule has 0 aliphatic carbocycles. The van der Waals surface area contributed by atoms with Crippen LogP contribution in [0.25, 0.3) is 0 Å². The molecule has 0 aliphatic rings. The molecule has 2 amide bonds. The van der Waals surface area contributed by atoms with Gasteiger partial charge in [0.05, 0.1) is 11.5 Å². The summed E-state index contributed by atoms with van der Waals surface area (Å²) in [4.78, 5) is 29.8. The fourth-order valence-corrected chi connectivity index (χ4v) is 3.79. The topological polar surface area (TPSA) is 89.6 Å². The molecule has 4 aromatic rings. The van der Waals surface area contributed by atoms with Crippen LogP contribution in [0.5, 0.6) is 17.4 Å². The van der Waals surface area contributed by atoms with Crippen LogP contribution in [-0.4, -0.2) is 23.4 Å². The molecule has 0 atom stereocenters. The molecule has 4 rings (SSSR count). The number of anilines is 1. The molecule has 2 heterocycles. The normalized spacial score (nSPS) is 10.4. The van der Waals surface area contributed by atoms with Crippen molar-refractivity contribution in [2.24, 2.45) is 0 Å². The van der Waals surface area contributed by atoms with E-state index in [1.54, 1.807) is 42.6 Å². The number of benzene rings is 2. The summed E-state index contributed by atoms with van der Waals surface area (Å²) in [6, 6.07) is 21.3. The van der Waals surface area contributed by atoms with E-state index in [9.17, 15) is 9.59 Å². The molecule has 2 N–H and O–H groups in total. The van der Waals surface area contributed by atoms with E-state index in [0.29, 0.717) is 34.4 Å². The van der Waals surface area contributed by atoms with Crippen LogP contribution in [0.3, 0.4) is 0 Å². The molecule has 0 bridgehead atoms. The Bertz CT molecular complexity index is 1260. The maximum atomic E-state index is 12.7. The smallest absolute Gasteiger partial charge is 0.265 e. The van der Waals surface area contributed by atoms with Crippen LogP contribution >= 0.6 is 11.3 Å². The second kappa shape index (κ2) is 11.8. The second-order valence-corrected chi connectivity index (χ2v) is 8.53. The van der Waals surface area contributed by atoms with Crippen molar-refractivity contribution in [3.63, 3.8) is 0 Å². The molecular formula is C27H25N3O4S. The van der Waals surface area contributed by atoms with Gasteiger partial charge < -0.3 is 20.1 Å². The number of pyridine rings is 1. The number of thiophene rings is 1. The second-order valence-electron chi connectivity index (χ2n) is 7.58. The van der Waals surface area contributed by atoms with E-state index in [1.165, 1.54) is 11.3 Å². The number of rotatable bonds is 10. The molecule has 0 saturated carbocycles. The highest BCUT2D eigenvalue weighted by atomic mass is 32.1. The van der Waals surface area contributed by atoms with Crippen molar-refractivity contribution < 1.29 is 19.1 Å². The van der Waals surface area contributed by atoms with Crippen molar-refractivity contribution in [3.05, 3.63) is 100 Å². The lowest BCUT2D eigenvalue weighted by Crippen LogP contribution is -2.23. The predicted molar refractivity (Wildman–Crippen MR) is 136 cm³/mol. The van der Waals surface area contributed by atoms with Gasteiger partial charge in [0.15, 0.2) is 0 Å². The van der Waals surface area contributed by atoms with Crippen LogP contribution < -0.4 is 20.1 Å². The van der Waals surface area contributed by atoms with Gasteiger partial charge >= 0.3 is 0 Å². The maximum absolute atomic E-state index is 12.7. The molecule has 0 fully saturated rings. The van der Waals surface area contributed by atoms with E-state index in [1.807, 2.05) is 41.8 Å². The zero-order valence-corrected chi connectivity index (χ0v) is 20.0. The number of carbonyl (C=O) groups excluding carboxylic acids is 2. The van der Waals surface area contributed by atoms with Gasteiger partial charge in [0.2, 0.25) is 5.88 Å². The highest BCUT2D eigenvalue weighted by Gasteiger charge is 2.11. The summed E-state index contributed by atoms with van der Waals surface area (Å²) in [5.74, 6) is 1.41. The zero-order valence-electron chi connectivity index (χ0n) is 19.2. The van der Waals surface area contributed by atoms with Crippen LogP contribution in [0.2, 0.25) is 0 Å². The third-order valence-electron chi connectivity index (χ3n) is 4.95. The molecule has 178 valence electrons. The Morgan fingerprint density at radius 2 is 1.69 bits per heavy atom. The van der Waals surface area contributed by atoms with Crippen molar-refractivity contribution in [2.45, 2.75) is 19.9 Å². The zero-order chi connectivity index (χ0) is 24.5. The third kappa shape index (κ3) is 6.68. The highest BCUT2D eigenvalue weighted by Crippen LogP contribution is 2.25. The minimum absolute atomic E-state index is 0.176. The SMILES string of the molecule is CCCOc1ccc(Oc2ncccc2CNC(=O)c2ccc(NC(=O)c3cccs3)cc2)cc1. The van der Waals surface area contributed by atoms with E-state index < -0.39 is 0 Å². The number of amides is 2. The Hall–Kier alpha value is -4.17. The number of carbonyl (C=O) groups is 2. The molecule has 0 aliphatic heterocycles. The van der Waals surface area contributed by atoms with Gasteiger partial charge in [-0.25, -0.2) is 4.98 Å². The Morgan fingerprint density at radius 1 is 0.914 bits per heavy atom. The Morgan fingerprint density at radius 3 is 2.40 bits per heavy atom. The van der Waals surface area contributed by atoms with Crippen LogP contribution in [0.15, 0.2) is 84.4 Å². The predicted octanol–water partition coefficient (Wildman–Crippen LogP) is 5.91. The van der Waals surface area contributed by atoms with Gasteiger partial charge in [-0.2, -0.15) is 0 Å². The molecule has 0 radical (unpaired) electrons. The summed E-state index contributed by atoms with van der Waals surface area (Å²) < 4.78 is 11.5. The van der Waals surface area contributed by atoms with Crippen LogP contribution in [-0.2, 0) is 6.54 Å². The average molecular weight is 488 g/mol. The first kappa shape index (κ1) is 24.0. The molecule has 35 heavy (non-hydrogen) atoms. The van der Waals surface area contributed by atoms with Crippen molar-refractivity contribution in [3.8, 4) is 17.4 Å². The average Bonchev–Trinajstić information content (AvgIpc) is 3.43. The minimum atomic E-state index is -0.242. The summed E-state index contributed by atoms with van der Waals surface area (Å²) in [7, 11) is 0. The number of ether oxygens (including phenoxy) is 2. The molecule has 0 spiro atoms. The fourth-order valence-electron chi connectivity index (χ4n) is 3.17. The molecule has 8 heteroatoms. The summed E-state index contributed by atoms with van der Waals surface area (Å²) in [6.45, 7) is 2.97. The van der Waals surface area contributed by atoms with Gasteiger partial charge in [0, 0.05) is 29.6 Å².